The SMILES string of the molecule is N#Cc1ccc(NCc2c(F)cccc2Cl)c(Cl)c1. The lowest BCUT2D eigenvalue weighted by atomic mass is 10.2. The fourth-order valence-electron chi connectivity index (χ4n) is 1.61. The first-order valence-corrected chi connectivity index (χ1v) is 6.24. The van der Waals surface area contributed by atoms with Crippen molar-refractivity contribution < 1.29 is 4.39 Å². The first-order valence-electron chi connectivity index (χ1n) is 5.48. The molecule has 2 rings (SSSR count). The summed E-state index contributed by atoms with van der Waals surface area (Å²) in [6.07, 6.45) is 0. The average Bonchev–Trinajstić information content (AvgIpc) is 2.39. The van der Waals surface area contributed by atoms with Crippen molar-refractivity contribution in [3.63, 3.8) is 0 Å². The molecule has 0 aliphatic rings. The molecule has 0 aliphatic carbocycles. The molecule has 0 heterocycles. The van der Waals surface area contributed by atoms with Gasteiger partial charge in [0.25, 0.3) is 0 Å². The van der Waals surface area contributed by atoms with Crippen LogP contribution in [-0.2, 0) is 6.54 Å². The van der Waals surface area contributed by atoms with E-state index in [9.17, 15) is 4.39 Å². The maximum atomic E-state index is 13.6. The van der Waals surface area contributed by atoms with E-state index < -0.39 is 0 Å². The quantitative estimate of drug-likeness (QED) is 0.897. The van der Waals surface area contributed by atoms with Crippen molar-refractivity contribution in [1.29, 1.82) is 5.26 Å². The standard InChI is InChI=1S/C14H9Cl2FN2/c15-11-2-1-3-13(17)10(11)8-19-14-5-4-9(7-18)6-12(14)16/h1-6,19H,8H2. The molecule has 0 saturated carbocycles. The molecule has 0 saturated heterocycles. The summed E-state index contributed by atoms with van der Waals surface area (Å²) in [5.74, 6) is -0.371. The van der Waals surface area contributed by atoms with Gasteiger partial charge < -0.3 is 5.32 Å². The topological polar surface area (TPSA) is 35.8 Å². The molecule has 5 heteroatoms. The number of nitrogens with one attached hydrogen (secondary N) is 1. The number of anilines is 1. The van der Waals surface area contributed by atoms with E-state index in [2.05, 4.69) is 5.32 Å². The van der Waals surface area contributed by atoms with E-state index in [0.29, 0.717) is 26.9 Å². The van der Waals surface area contributed by atoms with Gasteiger partial charge >= 0.3 is 0 Å². The molecule has 0 aromatic heterocycles. The molecule has 19 heavy (non-hydrogen) atoms. The van der Waals surface area contributed by atoms with E-state index in [4.69, 9.17) is 28.5 Å². The molecule has 2 aromatic carbocycles. The molecule has 0 bridgehead atoms. The van der Waals surface area contributed by atoms with E-state index in [-0.39, 0.29) is 12.4 Å². The highest BCUT2D eigenvalue weighted by Crippen LogP contribution is 2.25. The Morgan fingerprint density at radius 3 is 2.58 bits per heavy atom. The van der Waals surface area contributed by atoms with Crippen LogP contribution in [0.3, 0.4) is 0 Å². The minimum Gasteiger partial charge on any atom is -0.380 e. The first-order chi connectivity index (χ1) is 9.11. The lowest BCUT2D eigenvalue weighted by molar-refractivity contribution is 0.613. The van der Waals surface area contributed by atoms with Gasteiger partial charge in [-0.05, 0) is 30.3 Å². The highest BCUT2D eigenvalue weighted by molar-refractivity contribution is 6.33. The van der Waals surface area contributed by atoms with Gasteiger partial charge in [0.2, 0.25) is 0 Å². The molecule has 0 amide bonds. The fourth-order valence-corrected chi connectivity index (χ4v) is 2.09. The van der Waals surface area contributed by atoms with Gasteiger partial charge in [0.1, 0.15) is 5.82 Å². The van der Waals surface area contributed by atoms with E-state index >= 15 is 0 Å². The van der Waals surface area contributed by atoms with Gasteiger partial charge in [0.15, 0.2) is 0 Å². The normalized spacial score (nSPS) is 10.0. The number of halogens is 3. The van der Waals surface area contributed by atoms with Gasteiger partial charge in [0, 0.05) is 17.1 Å². The van der Waals surface area contributed by atoms with Crippen molar-refractivity contribution in [2.75, 3.05) is 5.32 Å². The third-order valence-corrected chi connectivity index (χ3v) is 3.28. The summed E-state index contributed by atoms with van der Waals surface area (Å²) in [6.45, 7) is 0.219. The van der Waals surface area contributed by atoms with Crippen molar-refractivity contribution in [2.45, 2.75) is 6.54 Å². The molecule has 0 fully saturated rings. The van der Waals surface area contributed by atoms with Crippen LogP contribution in [0.25, 0.3) is 0 Å². The summed E-state index contributed by atoms with van der Waals surface area (Å²) in [6, 6.07) is 11.4. The molecule has 0 aliphatic heterocycles. The summed E-state index contributed by atoms with van der Waals surface area (Å²) in [7, 11) is 0. The van der Waals surface area contributed by atoms with Gasteiger partial charge in [-0.2, -0.15) is 5.26 Å². The maximum Gasteiger partial charge on any atom is 0.129 e. The Morgan fingerprint density at radius 1 is 1.16 bits per heavy atom. The van der Waals surface area contributed by atoms with Crippen LogP contribution >= 0.6 is 23.2 Å². The second-order valence-corrected chi connectivity index (χ2v) is 4.67. The molecule has 96 valence electrons. The zero-order chi connectivity index (χ0) is 13.8. The molecular weight excluding hydrogens is 286 g/mol. The predicted octanol–water partition coefficient (Wildman–Crippen LogP) is 4.62. The van der Waals surface area contributed by atoms with Crippen molar-refractivity contribution in [1.82, 2.24) is 0 Å². The van der Waals surface area contributed by atoms with Gasteiger partial charge in [-0.3, -0.25) is 0 Å². The molecular formula is C14H9Cl2FN2. The lowest BCUT2D eigenvalue weighted by Crippen LogP contribution is -2.03. The van der Waals surface area contributed by atoms with Crippen molar-refractivity contribution in [3.8, 4) is 6.07 Å². The molecule has 0 spiro atoms. The van der Waals surface area contributed by atoms with Crippen LogP contribution in [0.15, 0.2) is 36.4 Å². The number of nitriles is 1. The molecule has 0 unspecified atom stereocenters. The number of nitrogens with zero attached hydrogens (tertiary/aromatic N) is 1. The predicted molar refractivity (Wildman–Crippen MR) is 74.9 cm³/mol. The van der Waals surface area contributed by atoms with Gasteiger partial charge in [-0.1, -0.05) is 29.3 Å². The summed E-state index contributed by atoms with van der Waals surface area (Å²) >= 11 is 11.9. The minimum absolute atomic E-state index is 0.219. The lowest BCUT2D eigenvalue weighted by Gasteiger charge is -2.10. The van der Waals surface area contributed by atoms with Crippen LogP contribution in [0.2, 0.25) is 10.0 Å². The Hall–Kier alpha value is -1.76. The average molecular weight is 295 g/mol. The van der Waals surface area contributed by atoms with Crippen molar-refractivity contribution in [3.05, 3.63) is 63.4 Å². The van der Waals surface area contributed by atoms with E-state index in [0.717, 1.165) is 0 Å². The Balaban J connectivity index is 2.17. The largest absolute Gasteiger partial charge is 0.380 e. The highest BCUT2D eigenvalue weighted by atomic mass is 35.5. The Labute approximate surface area is 120 Å². The Bertz CT molecular complexity index is 630. The van der Waals surface area contributed by atoms with Gasteiger partial charge in [-0.15, -0.1) is 0 Å². The molecule has 2 nitrogen and oxygen atoms in total. The van der Waals surface area contributed by atoms with Crippen LogP contribution in [0.1, 0.15) is 11.1 Å². The summed E-state index contributed by atoms with van der Waals surface area (Å²) in [5, 5.41) is 12.5. The third-order valence-electron chi connectivity index (χ3n) is 2.62. The van der Waals surface area contributed by atoms with Gasteiger partial charge in [0.05, 0.1) is 22.3 Å². The summed E-state index contributed by atoms with van der Waals surface area (Å²) in [5.41, 5.74) is 1.48. The smallest absolute Gasteiger partial charge is 0.129 e. The maximum absolute atomic E-state index is 13.6. The number of rotatable bonds is 3. The van der Waals surface area contributed by atoms with Crippen molar-refractivity contribution in [2.24, 2.45) is 0 Å². The molecule has 2 aromatic rings. The minimum atomic E-state index is -0.371. The van der Waals surface area contributed by atoms with Crippen LogP contribution in [0.5, 0.6) is 0 Å². The number of hydrogen-bond acceptors (Lipinski definition) is 2. The number of hydrogen-bond donors (Lipinski definition) is 1. The van der Waals surface area contributed by atoms with Crippen LogP contribution < -0.4 is 5.32 Å². The van der Waals surface area contributed by atoms with Crippen molar-refractivity contribution >= 4 is 28.9 Å². The summed E-state index contributed by atoms with van der Waals surface area (Å²) < 4.78 is 13.6. The fraction of sp³-hybridized carbons (Fsp3) is 0.0714. The van der Waals surface area contributed by atoms with E-state index in [1.165, 1.54) is 6.07 Å². The summed E-state index contributed by atoms with van der Waals surface area (Å²) in [4.78, 5) is 0. The molecule has 0 radical (unpaired) electrons. The first kappa shape index (κ1) is 13.7. The van der Waals surface area contributed by atoms with Crippen LogP contribution in [0.4, 0.5) is 10.1 Å². The van der Waals surface area contributed by atoms with E-state index in [1.807, 2.05) is 6.07 Å². The Morgan fingerprint density at radius 2 is 1.95 bits per heavy atom. The monoisotopic (exact) mass is 294 g/mol. The van der Waals surface area contributed by atoms with E-state index in [1.54, 1.807) is 30.3 Å². The van der Waals surface area contributed by atoms with Crippen LogP contribution in [-0.4, -0.2) is 0 Å². The zero-order valence-electron chi connectivity index (χ0n) is 9.75. The molecule has 1 N–H and O–H groups in total. The Kier molecular flexibility index (Phi) is 4.26. The van der Waals surface area contributed by atoms with Crippen LogP contribution in [0, 0.1) is 17.1 Å². The molecule has 0 atom stereocenters. The second kappa shape index (κ2) is 5.92. The highest BCUT2D eigenvalue weighted by Gasteiger charge is 2.08. The zero-order valence-corrected chi connectivity index (χ0v) is 11.3. The van der Waals surface area contributed by atoms with Gasteiger partial charge in [-0.25, -0.2) is 4.39 Å². The number of benzene rings is 2. The second-order valence-electron chi connectivity index (χ2n) is 3.86. The third kappa shape index (κ3) is 3.17.